The van der Waals surface area contributed by atoms with E-state index in [0.29, 0.717) is 5.82 Å². The summed E-state index contributed by atoms with van der Waals surface area (Å²) < 4.78 is 0. The lowest BCUT2D eigenvalue weighted by Gasteiger charge is -2.19. The molecule has 3 aromatic rings. The Hall–Kier alpha value is -2.54. The quantitative estimate of drug-likeness (QED) is 0.780. The highest BCUT2D eigenvalue weighted by molar-refractivity contribution is 7.19. The molecule has 128 valence electrons. The first-order chi connectivity index (χ1) is 12.2. The molecule has 0 saturated carbocycles. The number of hydrogen-bond donors (Lipinski definition) is 1. The van der Waals surface area contributed by atoms with E-state index in [1.807, 2.05) is 24.1 Å². The molecule has 7 heteroatoms. The second-order valence-corrected chi connectivity index (χ2v) is 7.26. The molecule has 0 unspecified atom stereocenters. The molecule has 3 heterocycles. The van der Waals surface area contributed by atoms with Crippen molar-refractivity contribution in [2.75, 3.05) is 25.5 Å². The lowest BCUT2D eigenvalue weighted by atomic mass is 10.1. The molecule has 4 rings (SSSR count). The average molecular weight is 353 g/mol. The zero-order chi connectivity index (χ0) is 17.4. The minimum Gasteiger partial charge on any atom is -0.358 e. The summed E-state index contributed by atoms with van der Waals surface area (Å²) in [7, 11) is 3.55. The van der Waals surface area contributed by atoms with Crippen LogP contribution in [0.5, 0.6) is 0 Å². The molecule has 0 atom stereocenters. The van der Waals surface area contributed by atoms with Crippen LogP contribution in [0.4, 0.5) is 5.82 Å². The largest absolute Gasteiger partial charge is 0.358 e. The lowest BCUT2D eigenvalue weighted by Crippen LogP contribution is -2.33. The molecule has 3 aromatic heterocycles. The van der Waals surface area contributed by atoms with Crippen molar-refractivity contribution in [2.45, 2.75) is 19.3 Å². The summed E-state index contributed by atoms with van der Waals surface area (Å²) in [6, 6.07) is 3.84. The van der Waals surface area contributed by atoms with Crippen molar-refractivity contribution in [3.05, 3.63) is 35.0 Å². The number of aryl methyl sites for hydroxylation is 2. The van der Waals surface area contributed by atoms with Crippen LogP contribution in [0.1, 0.15) is 16.9 Å². The Morgan fingerprint density at radius 2 is 2.24 bits per heavy atom. The third-order valence-electron chi connectivity index (χ3n) is 4.49. The molecule has 1 aliphatic rings. The highest BCUT2D eigenvalue weighted by Gasteiger charge is 2.24. The maximum atomic E-state index is 11.9. The van der Waals surface area contributed by atoms with E-state index in [-0.39, 0.29) is 12.5 Å². The summed E-state index contributed by atoms with van der Waals surface area (Å²) in [5.41, 5.74) is 2.24. The van der Waals surface area contributed by atoms with Crippen LogP contribution in [0.15, 0.2) is 24.5 Å². The monoisotopic (exact) mass is 353 g/mol. The fourth-order valence-corrected chi connectivity index (χ4v) is 4.50. The van der Waals surface area contributed by atoms with Gasteiger partial charge in [-0.2, -0.15) is 0 Å². The number of nitrogens with one attached hydrogen (secondary N) is 1. The summed E-state index contributed by atoms with van der Waals surface area (Å²) in [5.74, 6) is 1.44. The minimum absolute atomic E-state index is 0.0379. The van der Waals surface area contributed by atoms with Gasteiger partial charge in [-0.3, -0.25) is 9.78 Å². The molecule has 0 aromatic carbocycles. The number of thiophene rings is 1. The van der Waals surface area contributed by atoms with Gasteiger partial charge >= 0.3 is 0 Å². The fraction of sp³-hybridized carbons (Fsp3) is 0.333. The van der Waals surface area contributed by atoms with Crippen molar-refractivity contribution in [3.8, 4) is 11.4 Å². The average Bonchev–Trinajstić information content (AvgIpc) is 3.22. The maximum Gasteiger partial charge on any atom is 0.239 e. The third kappa shape index (κ3) is 2.84. The lowest BCUT2D eigenvalue weighted by molar-refractivity contribution is -0.119. The number of rotatable bonds is 4. The fourth-order valence-electron chi connectivity index (χ4n) is 3.25. The summed E-state index contributed by atoms with van der Waals surface area (Å²) in [6.45, 7) is 0.264. The number of carbonyl (C=O) groups excluding carboxylic acids is 1. The van der Waals surface area contributed by atoms with Crippen LogP contribution in [0.3, 0.4) is 0 Å². The summed E-state index contributed by atoms with van der Waals surface area (Å²) >= 11 is 1.75. The Morgan fingerprint density at radius 1 is 1.36 bits per heavy atom. The molecule has 0 saturated heterocycles. The van der Waals surface area contributed by atoms with Crippen LogP contribution < -0.4 is 10.2 Å². The molecule has 0 aliphatic heterocycles. The zero-order valence-corrected chi connectivity index (χ0v) is 15.1. The number of fused-ring (bicyclic) bond motifs is 3. The first kappa shape index (κ1) is 16.0. The van der Waals surface area contributed by atoms with E-state index >= 15 is 0 Å². The first-order valence-electron chi connectivity index (χ1n) is 8.31. The predicted molar refractivity (Wildman–Crippen MR) is 100 cm³/mol. The Bertz CT molecular complexity index is 938. The number of hydrogen-bond acceptors (Lipinski definition) is 6. The predicted octanol–water partition coefficient (Wildman–Crippen LogP) is 2.42. The molecular weight excluding hydrogens is 334 g/mol. The van der Waals surface area contributed by atoms with E-state index in [9.17, 15) is 4.79 Å². The zero-order valence-electron chi connectivity index (χ0n) is 14.2. The Kier molecular flexibility index (Phi) is 4.09. The van der Waals surface area contributed by atoms with Gasteiger partial charge < -0.3 is 10.2 Å². The first-order valence-corrected chi connectivity index (χ1v) is 9.13. The van der Waals surface area contributed by atoms with Crippen molar-refractivity contribution in [1.82, 2.24) is 20.3 Å². The summed E-state index contributed by atoms with van der Waals surface area (Å²) in [4.78, 5) is 29.9. The van der Waals surface area contributed by atoms with Crippen LogP contribution in [0.2, 0.25) is 0 Å². The Labute approximate surface area is 149 Å². The van der Waals surface area contributed by atoms with Gasteiger partial charge in [-0.25, -0.2) is 9.97 Å². The Balaban J connectivity index is 1.89. The normalized spacial score (nSPS) is 13.0. The number of amides is 1. The highest BCUT2D eigenvalue weighted by atomic mass is 32.1. The molecule has 1 N–H and O–H groups in total. The molecule has 1 amide bonds. The van der Waals surface area contributed by atoms with Gasteiger partial charge in [0.1, 0.15) is 10.6 Å². The topological polar surface area (TPSA) is 71.0 Å². The number of anilines is 1. The van der Waals surface area contributed by atoms with E-state index in [1.165, 1.54) is 16.9 Å². The molecule has 6 nitrogen and oxygen atoms in total. The van der Waals surface area contributed by atoms with Gasteiger partial charge in [0.2, 0.25) is 5.91 Å². The van der Waals surface area contributed by atoms with Crippen molar-refractivity contribution in [3.63, 3.8) is 0 Å². The maximum absolute atomic E-state index is 11.9. The van der Waals surface area contributed by atoms with Gasteiger partial charge in [-0.1, -0.05) is 0 Å². The molecular formula is C18H19N5OS. The second-order valence-electron chi connectivity index (χ2n) is 6.18. The number of aromatic nitrogens is 3. The summed E-state index contributed by atoms with van der Waals surface area (Å²) in [5, 5.41) is 3.78. The van der Waals surface area contributed by atoms with Gasteiger partial charge in [0, 0.05) is 36.9 Å². The van der Waals surface area contributed by atoms with E-state index in [1.54, 1.807) is 30.8 Å². The standard InChI is InChI=1S/C18H19N5OS/c1-19-14(24)10-23(2)17-15-12-6-3-7-13(12)25-18(15)22-16(21-17)11-5-4-8-20-9-11/h4-5,8-9H,3,6-7,10H2,1-2H3,(H,19,24). The van der Waals surface area contributed by atoms with E-state index in [4.69, 9.17) is 9.97 Å². The van der Waals surface area contributed by atoms with Crippen molar-refractivity contribution in [2.24, 2.45) is 0 Å². The van der Waals surface area contributed by atoms with Gasteiger partial charge in [0.25, 0.3) is 0 Å². The minimum atomic E-state index is -0.0379. The molecule has 1 aliphatic carbocycles. The van der Waals surface area contributed by atoms with Crippen molar-refractivity contribution < 1.29 is 4.79 Å². The van der Waals surface area contributed by atoms with Gasteiger partial charge in [-0.15, -0.1) is 11.3 Å². The van der Waals surface area contributed by atoms with Gasteiger partial charge in [-0.05, 0) is 37.0 Å². The number of nitrogens with zero attached hydrogens (tertiary/aromatic N) is 4. The number of likely N-dealkylation sites (N-methyl/N-ethyl adjacent to an activating group) is 2. The molecule has 0 spiro atoms. The summed E-state index contributed by atoms with van der Waals surface area (Å²) in [6.07, 6.45) is 6.86. The number of carbonyl (C=O) groups is 1. The molecule has 0 radical (unpaired) electrons. The van der Waals surface area contributed by atoms with Crippen LogP contribution in [0.25, 0.3) is 21.6 Å². The van der Waals surface area contributed by atoms with Gasteiger partial charge in [0.05, 0.1) is 11.9 Å². The van der Waals surface area contributed by atoms with Crippen LogP contribution >= 0.6 is 11.3 Å². The molecule has 0 bridgehead atoms. The molecule has 0 fully saturated rings. The second kappa shape index (κ2) is 6.40. The van der Waals surface area contributed by atoms with Crippen LogP contribution in [0, 0.1) is 0 Å². The van der Waals surface area contributed by atoms with Crippen molar-refractivity contribution in [1.29, 1.82) is 0 Å². The Morgan fingerprint density at radius 3 is 3.00 bits per heavy atom. The SMILES string of the molecule is CNC(=O)CN(C)c1nc(-c2cccnc2)nc2sc3c(c12)CCC3. The van der Waals surface area contributed by atoms with Gasteiger partial charge in [0.15, 0.2) is 5.82 Å². The van der Waals surface area contributed by atoms with E-state index in [2.05, 4.69) is 10.3 Å². The molecule has 25 heavy (non-hydrogen) atoms. The third-order valence-corrected chi connectivity index (χ3v) is 5.67. The number of pyridine rings is 1. The van der Waals surface area contributed by atoms with E-state index < -0.39 is 0 Å². The van der Waals surface area contributed by atoms with Crippen molar-refractivity contribution >= 4 is 33.3 Å². The highest BCUT2D eigenvalue weighted by Crippen LogP contribution is 2.41. The van der Waals surface area contributed by atoms with E-state index in [0.717, 1.165) is 34.4 Å². The van der Waals surface area contributed by atoms with Crippen LogP contribution in [-0.4, -0.2) is 41.5 Å². The van der Waals surface area contributed by atoms with Crippen LogP contribution in [-0.2, 0) is 17.6 Å². The smallest absolute Gasteiger partial charge is 0.239 e.